The fourth-order valence-electron chi connectivity index (χ4n) is 3.50. The van der Waals surface area contributed by atoms with Gasteiger partial charge in [0.2, 0.25) is 0 Å². The van der Waals surface area contributed by atoms with Gasteiger partial charge in [0.05, 0.1) is 6.04 Å². The van der Waals surface area contributed by atoms with Crippen LogP contribution in [0.1, 0.15) is 50.1 Å². The second kappa shape index (κ2) is 7.09. The first-order chi connectivity index (χ1) is 13.8. The highest BCUT2D eigenvalue weighted by atomic mass is 19.4. The third-order valence-corrected chi connectivity index (χ3v) is 4.97. The van der Waals surface area contributed by atoms with Gasteiger partial charge in [0.25, 0.3) is 0 Å². The molecule has 0 saturated heterocycles. The maximum atomic E-state index is 13.5. The summed E-state index contributed by atoms with van der Waals surface area (Å²) in [5.74, 6) is 2.04. The molecule has 0 aromatic carbocycles. The van der Waals surface area contributed by atoms with E-state index in [4.69, 9.17) is 0 Å². The lowest BCUT2D eigenvalue weighted by molar-refractivity contribution is -0.141. The van der Waals surface area contributed by atoms with Crippen LogP contribution in [0.2, 0.25) is 0 Å². The predicted octanol–water partition coefficient (Wildman–Crippen LogP) is 3.85. The summed E-state index contributed by atoms with van der Waals surface area (Å²) in [5.41, 5.74) is -0.501. The van der Waals surface area contributed by atoms with Crippen molar-refractivity contribution in [1.29, 1.82) is 0 Å². The van der Waals surface area contributed by atoms with E-state index < -0.39 is 11.9 Å². The standard InChI is InChI=1S/C19H20F3N7/c1-11(2)17-26-27-18-12(3)28(8-9-29(17)18)15-10-14(19(20,21)22)24-16(25-15)13-4-6-23-7-5-13/h4-7,10-12H,8-9H2,1-3H3. The number of alkyl halides is 3. The molecule has 0 fully saturated rings. The van der Waals surface area contributed by atoms with Crippen LogP contribution in [0.4, 0.5) is 19.0 Å². The summed E-state index contributed by atoms with van der Waals surface area (Å²) in [5, 5.41) is 8.55. The SMILES string of the molecule is CC(C)c1nnc2n1CCN(c1cc(C(F)(F)F)nc(-c3ccncc3)n1)C2C. The first-order valence-electron chi connectivity index (χ1n) is 9.32. The second-order valence-electron chi connectivity index (χ2n) is 7.26. The van der Waals surface area contributed by atoms with Crippen molar-refractivity contribution in [3.05, 3.63) is 47.9 Å². The number of fused-ring (bicyclic) bond motifs is 1. The van der Waals surface area contributed by atoms with Crippen LogP contribution in [-0.4, -0.2) is 36.3 Å². The van der Waals surface area contributed by atoms with Gasteiger partial charge in [-0.2, -0.15) is 13.2 Å². The van der Waals surface area contributed by atoms with E-state index in [0.717, 1.165) is 17.7 Å². The summed E-state index contributed by atoms with van der Waals surface area (Å²) in [6, 6.07) is 3.90. The third-order valence-electron chi connectivity index (χ3n) is 4.97. The van der Waals surface area contributed by atoms with Crippen LogP contribution in [0, 0.1) is 0 Å². The van der Waals surface area contributed by atoms with Gasteiger partial charge in [-0.25, -0.2) is 9.97 Å². The van der Waals surface area contributed by atoms with Crippen molar-refractivity contribution >= 4 is 5.82 Å². The fraction of sp³-hybridized carbons (Fsp3) is 0.421. The van der Waals surface area contributed by atoms with Gasteiger partial charge in [-0.3, -0.25) is 4.98 Å². The molecular weight excluding hydrogens is 383 g/mol. The van der Waals surface area contributed by atoms with Crippen molar-refractivity contribution in [1.82, 2.24) is 29.7 Å². The fourth-order valence-corrected chi connectivity index (χ4v) is 3.50. The van der Waals surface area contributed by atoms with Crippen molar-refractivity contribution in [3.63, 3.8) is 0 Å². The van der Waals surface area contributed by atoms with Crippen molar-refractivity contribution in [3.8, 4) is 11.4 Å². The minimum atomic E-state index is -4.58. The number of nitrogens with zero attached hydrogens (tertiary/aromatic N) is 7. The van der Waals surface area contributed by atoms with Crippen LogP contribution in [-0.2, 0) is 12.7 Å². The lowest BCUT2D eigenvalue weighted by Crippen LogP contribution is -2.38. The van der Waals surface area contributed by atoms with Crippen LogP contribution < -0.4 is 4.90 Å². The van der Waals surface area contributed by atoms with Crippen molar-refractivity contribution in [2.45, 2.75) is 45.5 Å². The van der Waals surface area contributed by atoms with E-state index in [-0.39, 0.29) is 23.6 Å². The summed E-state index contributed by atoms with van der Waals surface area (Å²) in [6.07, 6.45) is -1.58. The average molecular weight is 403 g/mol. The molecule has 0 bridgehead atoms. The number of halogens is 3. The van der Waals surface area contributed by atoms with E-state index in [1.807, 2.05) is 30.2 Å². The minimum absolute atomic E-state index is 0.0133. The maximum Gasteiger partial charge on any atom is 0.433 e. The van der Waals surface area contributed by atoms with Gasteiger partial charge >= 0.3 is 6.18 Å². The minimum Gasteiger partial charge on any atom is -0.345 e. The highest BCUT2D eigenvalue weighted by molar-refractivity contribution is 5.58. The lowest BCUT2D eigenvalue weighted by atomic mass is 10.1. The first-order valence-corrected chi connectivity index (χ1v) is 9.32. The Bertz CT molecular complexity index is 1010. The van der Waals surface area contributed by atoms with Gasteiger partial charge < -0.3 is 9.47 Å². The molecule has 1 atom stereocenters. The topological polar surface area (TPSA) is 72.6 Å². The molecule has 152 valence electrons. The Morgan fingerprint density at radius 1 is 1.07 bits per heavy atom. The normalized spacial score (nSPS) is 16.9. The molecule has 0 amide bonds. The molecule has 3 aromatic rings. The second-order valence-corrected chi connectivity index (χ2v) is 7.26. The molecular formula is C19H20F3N7. The molecule has 0 N–H and O–H groups in total. The van der Waals surface area contributed by atoms with Gasteiger partial charge in [-0.05, 0) is 19.1 Å². The Balaban J connectivity index is 1.78. The highest BCUT2D eigenvalue weighted by Gasteiger charge is 2.36. The molecule has 1 aliphatic heterocycles. The summed E-state index contributed by atoms with van der Waals surface area (Å²) >= 11 is 0. The Morgan fingerprint density at radius 3 is 2.45 bits per heavy atom. The van der Waals surface area contributed by atoms with Gasteiger partial charge in [-0.15, -0.1) is 10.2 Å². The maximum absolute atomic E-state index is 13.5. The number of hydrogen-bond donors (Lipinski definition) is 0. The molecule has 3 aromatic heterocycles. The van der Waals surface area contributed by atoms with E-state index in [1.165, 1.54) is 12.4 Å². The molecule has 4 heterocycles. The molecule has 29 heavy (non-hydrogen) atoms. The van der Waals surface area contributed by atoms with Crippen LogP contribution in [0.25, 0.3) is 11.4 Å². The van der Waals surface area contributed by atoms with Gasteiger partial charge in [0.1, 0.15) is 11.6 Å². The zero-order valence-corrected chi connectivity index (χ0v) is 16.2. The largest absolute Gasteiger partial charge is 0.433 e. The molecule has 0 spiro atoms. The van der Waals surface area contributed by atoms with Crippen molar-refractivity contribution < 1.29 is 13.2 Å². The van der Waals surface area contributed by atoms with E-state index in [2.05, 4.69) is 25.1 Å². The Morgan fingerprint density at radius 2 is 1.79 bits per heavy atom. The Labute approximate surface area is 165 Å². The molecule has 1 unspecified atom stereocenters. The monoisotopic (exact) mass is 403 g/mol. The Kier molecular flexibility index (Phi) is 4.71. The summed E-state index contributed by atoms with van der Waals surface area (Å²) in [4.78, 5) is 13.9. The summed E-state index contributed by atoms with van der Waals surface area (Å²) in [6.45, 7) is 7.04. The van der Waals surface area contributed by atoms with Crippen LogP contribution >= 0.6 is 0 Å². The molecule has 4 rings (SSSR count). The molecule has 10 heteroatoms. The van der Waals surface area contributed by atoms with Crippen molar-refractivity contribution in [2.24, 2.45) is 0 Å². The third kappa shape index (κ3) is 3.54. The van der Waals surface area contributed by atoms with Gasteiger partial charge in [-0.1, -0.05) is 13.8 Å². The number of pyridine rings is 1. The van der Waals surface area contributed by atoms with Crippen LogP contribution in [0.3, 0.4) is 0 Å². The highest BCUT2D eigenvalue weighted by Crippen LogP contribution is 2.35. The molecule has 7 nitrogen and oxygen atoms in total. The molecule has 0 aliphatic carbocycles. The zero-order chi connectivity index (χ0) is 20.8. The van der Waals surface area contributed by atoms with Gasteiger partial charge in [0.15, 0.2) is 17.3 Å². The number of aromatic nitrogens is 6. The van der Waals surface area contributed by atoms with Gasteiger partial charge in [0, 0.05) is 43.0 Å². The number of anilines is 1. The molecule has 0 saturated carbocycles. The van der Waals surface area contributed by atoms with E-state index in [1.54, 1.807) is 12.1 Å². The van der Waals surface area contributed by atoms with Crippen molar-refractivity contribution in [2.75, 3.05) is 11.4 Å². The van der Waals surface area contributed by atoms with E-state index in [0.29, 0.717) is 18.7 Å². The summed E-state index contributed by atoms with van der Waals surface area (Å²) in [7, 11) is 0. The molecule has 1 aliphatic rings. The lowest BCUT2D eigenvalue weighted by Gasteiger charge is -2.35. The summed E-state index contributed by atoms with van der Waals surface area (Å²) < 4.78 is 42.6. The average Bonchev–Trinajstić information content (AvgIpc) is 3.13. The van der Waals surface area contributed by atoms with Crippen LogP contribution in [0.5, 0.6) is 0 Å². The first kappa shape index (κ1) is 19.3. The van der Waals surface area contributed by atoms with Crippen LogP contribution in [0.15, 0.2) is 30.6 Å². The van der Waals surface area contributed by atoms with E-state index in [9.17, 15) is 13.2 Å². The quantitative estimate of drug-likeness (QED) is 0.661. The zero-order valence-electron chi connectivity index (χ0n) is 16.2. The smallest absolute Gasteiger partial charge is 0.345 e. The number of hydrogen-bond acceptors (Lipinski definition) is 6. The van der Waals surface area contributed by atoms with E-state index >= 15 is 0 Å². The molecule has 0 radical (unpaired) electrons. The Hall–Kier alpha value is -3.04. The predicted molar refractivity (Wildman–Crippen MR) is 100 cm³/mol. The number of rotatable bonds is 3.